The van der Waals surface area contributed by atoms with E-state index in [2.05, 4.69) is 118 Å². The van der Waals surface area contributed by atoms with Gasteiger partial charge in [-0.15, -0.1) is 0 Å². The van der Waals surface area contributed by atoms with E-state index in [9.17, 15) is 14.4 Å². The Morgan fingerprint density at radius 2 is 0.625 bits per heavy atom. The smallest absolute Gasteiger partial charge is 0.306 e. The average molecular weight is 889 g/mol. The molecule has 0 fully saturated rings. The van der Waals surface area contributed by atoms with Crippen LogP contribution in [-0.2, 0) is 28.6 Å². The number of carbonyl (C=O) groups excluding carboxylic acids is 3. The average Bonchev–Trinajstić information content (AvgIpc) is 3.29. The summed E-state index contributed by atoms with van der Waals surface area (Å²) in [6.45, 7) is 6.35. The van der Waals surface area contributed by atoms with Gasteiger partial charge in [-0.3, -0.25) is 14.4 Å². The van der Waals surface area contributed by atoms with Gasteiger partial charge in [0.2, 0.25) is 0 Å². The Bertz CT molecular complexity index is 1300. The Hall–Kier alpha value is -3.67. The van der Waals surface area contributed by atoms with Gasteiger partial charge in [0, 0.05) is 19.3 Å². The minimum Gasteiger partial charge on any atom is -0.462 e. The zero-order chi connectivity index (χ0) is 46.5. The molecule has 0 aliphatic rings. The van der Waals surface area contributed by atoms with Crippen LogP contribution < -0.4 is 0 Å². The van der Waals surface area contributed by atoms with Crippen molar-refractivity contribution in [3.63, 3.8) is 0 Å². The lowest BCUT2D eigenvalue weighted by atomic mass is 10.0. The molecule has 0 rings (SSSR count). The predicted molar refractivity (Wildman–Crippen MR) is 274 cm³/mol. The van der Waals surface area contributed by atoms with Crippen molar-refractivity contribution in [2.24, 2.45) is 0 Å². The van der Waals surface area contributed by atoms with E-state index in [1.807, 2.05) is 0 Å². The Labute approximate surface area is 394 Å². The van der Waals surface area contributed by atoms with E-state index < -0.39 is 6.10 Å². The van der Waals surface area contributed by atoms with Crippen LogP contribution in [0.3, 0.4) is 0 Å². The molecule has 0 aliphatic heterocycles. The second-order valence-corrected chi connectivity index (χ2v) is 17.0. The van der Waals surface area contributed by atoms with E-state index >= 15 is 0 Å². The highest BCUT2D eigenvalue weighted by Gasteiger charge is 2.19. The molecule has 364 valence electrons. The van der Waals surface area contributed by atoms with Crippen LogP contribution >= 0.6 is 0 Å². The first-order valence-electron chi connectivity index (χ1n) is 26.2. The molecule has 6 nitrogen and oxygen atoms in total. The summed E-state index contributed by atoms with van der Waals surface area (Å²) in [6.07, 6.45) is 68.2. The standard InChI is InChI=1S/C58H96O6/c1-4-7-10-13-16-19-22-25-28-29-31-33-36-39-42-45-48-51-57(60)63-54-55(53-62-56(59)50-47-44-41-38-35-32-27-24-21-18-15-12-9-6-3)64-58(61)52-49-46-43-40-37-34-30-26-23-20-17-14-11-8-5-2/h7-8,10-11,16-17,19-20,25-26,28,30-31,33,39,42,55H,4-6,9,12-15,18,21-24,27,29,32,34-38,40-41,43-54H2,1-3H3/b10-7-,11-8-,19-16-,20-17-,28-25-,30-26-,33-31-,42-39-. The highest BCUT2D eigenvalue weighted by Crippen LogP contribution is 2.15. The molecule has 0 aromatic carbocycles. The number of unbranched alkanes of at least 4 members (excludes halogenated alkanes) is 19. The van der Waals surface area contributed by atoms with Crippen molar-refractivity contribution in [3.8, 4) is 0 Å². The summed E-state index contributed by atoms with van der Waals surface area (Å²) in [4.78, 5) is 38.0. The Morgan fingerprint density at radius 3 is 1.02 bits per heavy atom. The number of esters is 3. The van der Waals surface area contributed by atoms with Crippen LogP contribution in [-0.4, -0.2) is 37.2 Å². The molecule has 64 heavy (non-hydrogen) atoms. The van der Waals surface area contributed by atoms with Gasteiger partial charge in [0.15, 0.2) is 6.10 Å². The first kappa shape index (κ1) is 60.3. The largest absolute Gasteiger partial charge is 0.462 e. The highest BCUT2D eigenvalue weighted by molar-refractivity contribution is 5.71. The fourth-order valence-electron chi connectivity index (χ4n) is 6.96. The van der Waals surface area contributed by atoms with Gasteiger partial charge >= 0.3 is 17.9 Å². The lowest BCUT2D eigenvalue weighted by molar-refractivity contribution is -0.167. The molecule has 0 N–H and O–H groups in total. The lowest BCUT2D eigenvalue weighted by Gasteiger charge is -2.18. The van der Waals surface area contributed by atoms with E-state index in [1.165, 1.54) is 70.6 Å². The van der Waals surface area contributed by atoms with Crippen LogP contribution in [0, 0.1) is 0 Å². The van der Waals surface area contributed by atoms with Crippen molar-refractivity contribution >= 4 is 17.9 Å². The van der Waals surface area contributed by atoms with Crippen molar-refractivity contribution < 1.29 is 28.6 Å². The summed E-state index contributed by atoms with van der Waals surface area (Å²) < 4.78 is 16.7. The molecule has 0 heterocycles. The monoisotopic (exact) mass is 889 g/mol. The zero-order valence-electron chi connectivity index (χ0n) is 41.5. The fourth-order valence-corrected chi connectivity index (χ4v) is 6.96. The van der Waals surface area contributed by atoms with Crippen LogP contribution in [0.4, 0.5) is 0 Å². The van der Waals surface area contributed by atoms with E-state index in [-0.39, 0.29) is 37.5 Å². The van der Waals surface area contributed by atoms with Crippen molar-refractivity contribution in [2.45, 2.75) is 239 Å². The number of hydrogen-bond donors (Lipinski definition) is 0. The molecule has 0 bridgehead atoms. The Balaban J connectivity index is 4.51. The van der Waals surface area contributed by atoms with Crippen LogP contribution in [0.5, 0.6) is 0 Å². The summed E-state index contributed by atoms with van der Waals surface area (Å²) in [5.74, 6) is -0.980. The fraction of sp³-hybridized carbons (Fsp3) is 0.672. The molecule has 0 aromatic heterocycles. The highest BCUT2D eigenvalue weighted by atomic mass is 16.6. The van der Waals surface area contributed by atoms with Gasteiger partial charge in [-0.05, 0) is 89.9 Å². The SMILES string of the molecule is CC/C=C\C/C=C\C/C=C\C/C=C\C/C=C\CCCC(=O)OCC(COC(=O)CCCCCCCCCCCCCCCC)OC(=O)CCCCCCC/C=C\C/C=C\C/C=C\CC. The second kappa shape index (κ2) is 52.0. The van der Waals surface area contributed by atoms with E-state index in [0.29, 0.717) is 19.3 Å². The minimum absolute atomic E-state index is 0.101. The second-order valence-electron chi connectivity index (χ2n) is 17.0. The van der Waals surface area contributed by atoms with Gasteiger partial charge in [-0.25, -0.2) is 0 Å². The molecule has 0 aromatic rings. The summed E-state index contributed by atoms with van der Waals surface area (Å²) in [5.41, 5.74) is 0. The lowest BCUT2D eigenvalue weighted by Crippen LogP contribution is -2.30. The molecule has 0 amide bonds. The van der Waals surface area contributed by atoms with E-state index in [1.54, 1.807) is 0 Å². The Kier molecular flexibility index (Phi) is 49.0. The van der Waals surface area contributed by atoms with E-state index in [4.69, 9.17) is 14.2 Å². The van der Waals surface area contributed by atoms with Crippen LogP contribution in [0.2, 0.25) is 0 Å². The molecule has 1 unspecified atom stereocenters. The molecule has 0 saturated heterocycles. The number of allylic oxidation sites excluding steroid dienone is 16. The van der Waals surface area contributed by atoms with Gasteiger partial charge < -0.3 is 14.2 Å². The maximum absolute atomic E-state index is 12.8. The van der Waals surface area contributed by atoms with Crippen LogP contribution in [0.15, 0.2) is 97.2 Å². The first-order chi connectivity index (χ1) is 31.5. The van der Waals surface area contributed by atoms with Crippen LogP contribution in [0.1, 0.15) is 233 Å². The molecule has 0 spiro atoms. The third-order valence-corrected chi connectivity index (χ3v) is 10.8. The summed E-state index contributed by atoms with van der Waals surface area (Å²) >= 11 is 0. The van der Waals surface area contributed by atoms with Crippen molar-refractivity contribution in [1.29, 1.82) is 0 Å². The Morgan fingerprint density at radius 1 is 0.328 bits per heavy atom. The van der Waals surface area contributed by atoms with Crippen molar-refractivity contribution in [2.75, 3.05) is 13.2 Å². The minimum atomic E-state index is -0.808. The normalized spacial score (nSPS) is 12.9. The molecule has 6 heteroatoms. The number of rotatable bonds is 46. The predicted octanol–water partition coefficient (Wildman–Crippen LogP) is 17.4. The summed E-state index contributed by atoms with van der Waals surface area (Å²) in [7, 11) is 0. The number of hydrogen-bond acceptors (Lipinski definition) is 6. The first-order valence-corrected chi connectivity index (χ1v) is 26.2. The third-order valence-electron chi connectivity index (χ3n) is 10.8. The molecule has 0 aliphatic carbocycles. The summed E-state index contributed by atoms with van der Waals surface area (Å²) in [5, 5.41) is 0. The maximum Gasteiger partial charge on any atom is 0.306 e. The molecular weight excluding hydrogens is 793 g/mol. The molecular formula is C58H96O6. The van der Waals surface area contributed by atoms with Gasteiger partial charge in [-0.1, -0.05) is 221 Å². The van der Waals surface area contributed by atoms with Gasteiger partial charge in [-0.2, -0.15) is 0 Å². The van der Waals surface area contributed by atoms with Gasteiger partial charge in [0.25, 0.3) is 0 Å². The number of carbonyl (C=O) groups is 3. The molecule has 0 saturated carbocycles. The zero-order valence-corrected chi connectivity index (χ0v) is 41.5. The van der Waals surface area contributed by atoms with Gasteiger partial charge in [0.1, 0.15) is 13.2 Å². The quantitative estimate of drug-likeness (QED) is 0.0262. The maximum atomic E-state index is 12.8. The summed E-state index contributed by atoms with van der Waals surface area (Å²) in [6, 6.07) is 0. The van der Waals surface area contributed by atoms with Crippen molar-refractivity contribution in [1.82, 2.24) is 0 Å². The van der Waals surface area contributed by atoms with Crippen molar-refractivity contribution in [3.05, 3.63) is 97.2 Å². The van der Waals surface area contributed by atoms with Gasteiger partial charge in [0.05, 0.1) is 0 Å². The molecule has 0 radical (unpaired) electrons. The third kappa shape index (κ3) is 49.3. The van der Waals surface area contributed by atoms with E-state index in [0.717, 1.165) is 116 Å². The topological polar surface area (TPSA) is 78.9 Å². The van der Waals surface area contributed by atoms with Crippen LogP contribution in [0.25, 0.3) is 0 Å². The molecule has 1 atom stereocenters. The number of ether oxygens (including phenoxy) is 3.